The van der Waals surface area contributed by atoms with Gasteiger partial charge in [-0.1, -0.05) is 12.2 Å². The van der Waals surface area contributed by atoms with Gasteiger partial charge in [-0.05, 0) is 37.3 Å². The molecular weight excluding hydrogens is 349 g/mol. The number of fused-ring (bicyclic) bond motifs is 2. The largest absolute Gasteiger partial charge is 0.477 e. The summed E-state index contributed by atoms with van der Waals surface area (Å²) in [6, 6.07) is 2.81. The third-order valence-corrected chi connectivity index (χ3v) is 5.84. The Labute approximate surface area is 155 Å². The van der Waals surface area contributed by atoms with E-state index in [-0.39, 0.29) is 22.9 Å². The molecule has 0 bridgehead atoms. The van der Waals surface area contributed by atoms with Crippen molar-refractivity contribution in [2.45, 2.75) is 25.9 Å². The van der Waals surface area contributed by atoms with Crippen LogP contribution in [0.3, 0.4) is 0 Å². The summed E-state index contributed by atoms with van der Waals surface area (Å²) in [5.74, 6) is -1.14. The second-order valence-electron chi connectivity index (χ2n) is 7.35. The lowest BCUT2D eigenvalue weighted by molar-refractivity contribution is 0.0695. The lowest BCUT2D eigenvalue weighted by Crippen LogP contribution is -2.35. The fourth-order valence-electron chi connectivity index (χ4n) is 4.39. The number of aromatic carboxylic acids is 1. The zero-order valence-electron chi connectivity index (χ0n) is 15.1. The molecule has 0 spiro atoms. The van der Waals surface area contributed by atoms with E-state index in [1.54, 1.807) is 10.6 Å². The topological polar surface area (TPSA) is 88.6 Å². The number of nitrogens with two attached hydrogens (primary N) is 1. The SMILES string of the molecule is CCn1cc(C(=O)O)c(=O)c2cc(F)c(N3C[C@H]4CC=C[C@@H](N)[C@H]4C3)cc21. The van der Waals surface area contributed by atoms with Gasteiger partial charge in [0.25, 0.3) is 0 Å². The van der Waals surface area contributed by atoms with Crippen LogP contribution in [0.15, 0.2) is 35.3 Å². The van der Waals surface area contributed by atoms with Gasteiger partial charge in [0.05, 0.1) is 11.2 Å². The van der Waals surface area contributed by atoms with Crippen molar-refractivity contribution in [3.8, 4) is 0 Å². The summed E-state index contributed by atoms with van der Waals surface area (Å²) < 4.78 is 16.6. The van der Waals surface area contributed by atoms with Crippen LogP contribution in [0.4, 0.5) is 10.1 Å². The van der Waals surface area contributed by atoms with E-state index in [1.165, 1.54) is 12.3 Å². The molecule has 1 aromatic heterocycles. The molecule has 142 valence electrons. The average Bonchev–Trinajstić information content (AvgIpc) is 3.07. The molecule has 0 amide bonds. The zero-order valence-corrected chi connectivity index (χ0v) is 15.1. The van der Waals surface area contributed by atoms with Crippen molar-refractivity contribution in [1.82, 2.24) is 4.57 Å². The quantitative estimate of drug-likeness (QED) is 0.808. The summed E-state index contributed by atoms with van der Waals surface area (Å²) in [6.07, 6.45) is 6.38. The average molecular weight is 371 g/mol. The summed E-state index contributed by atoms with van der Waals surface area (Å²) in [7, 11) is 0. The molecule has 1 aromatic carbocycles. The minimum atomic E-state index is -1.31. The van der Waals surface area contributed by atoms with E-state index in [4.69, 9.17) is 5.73 Å². The number of carboxylic acid groups (broad SMARTS) is 1. The van der Waals surface area contributed by atoms with Crippen molar-refractivity contribution in [2.75, 3.05) is 18.0 Å². The summed E-state index contributed by atoms with van der Waals surface area (Å²) in [6.45, 7) is 3.72. The maximum Gasteiger partial charge on any atom is 0.341 e. The molecule has 2 heterocycles. The number of rotatable bonds is 3. The van der Waals surface area contributed by atoms with Gasteiger partial charge in [-0.2, -0.15) is 0 Å². The number of nitrogens with zero attached hydrogens (tertiary/aromatic N) is 2. The Morgan fingerprint density at radius 2 is 2.15 bits per heavy atom. The first kappa shape index (κ1) is 17.7. The smallest absolute Gasteiger partial charge is 0.341 e. The van der Waals surface area contributed by atoms with Crippen molar-refractivity contribution < 1.29 is 14.3 Å². The van der Waals surface area contributed by atoms with Crippen LogP contribution in [0, 0.1) is 17.7 Å². The highest BCUT2D eigenvalue weighted by atomic mass is 19.1. The molecule has 6 nitrogen and oxygen atoms in total. The maximum absolute atomic E-state index is 14.9. The van der Waals surface area contributed by atoms with Gasteiger partial charge in [-0.25, -0.2) is 9.18 Å². The molecule has 4 rings (SSSR count). The van der Waals surface area contributed by atoms with Crippen LogP contribution in [-0.4, -0.2) is 34.8 Å². The number of anilines is 1. The second-order valence-corrected chi connectivity index (χ2v) is 7.35. The Morgan fingerprint density at radius 3 is 2.81 bits per heavy atom. The summed E-state index contributed by atoms with van der Waals surface area (Å²) in [5, 5.41) is 9.34. The Bertz CT molecular complexity index is 1010. The van der Waals surface area contributed by atoms with E-state index in [1.807, 2.05) is 17.9 Å². The number of carbonyl (C=O) groups is 1. The van der Waals surface area contributed by atoms with Gasteiger partial charge in [0.15, 0.2) is 0 Å². The van der Waals surface area contributed by atoms with E-state index in [2.05, 4.69) is 6.08 Å². The molecule has 0 unspecified atom stereocenters. The molecule has 1 aliphatic carbocycles. The van der Waals surface area contributed by atoms with Crippen molar-refractivity contribution in [3.05, 3.63) is 52.1 Å². The van der Waals surface area contributed by atoms with Crippen LogP contribution in [0.25, 0.3) is 10.9 Å². The van der Waals surface area contributed by atoms with E-state index in [9.17, 15) is 19.1 Å². The number of aryl methyl sites for hydroxylation is 1. The highest BCUT2D eigenvalue weighted by Gasteiger charge is 2.37. The van der Waals surface area contributed by atoms with Crippen molar-refractivity contribution in [2.24, 2.45) is 17.6 Å². The molecule has 3 N–H and O–H groups in total. The zero-order chi connectivity index (χ0) is 19.3. The number of carboxylic acids is 1. The minimum absolute atomic E-state index is 0.0239. The first-order valence-corrected chi connectivity index (χ1v) is 9.18. The van der Waals surface area contributed by atoms with E-state index in [0.717, 1.165) is 6.42 Å². The molecule has 3 atom stereocenters. The number of pyridine rings is 1. The second kappa shape index (κ2) is 6.49. The van der Waals surface area contributed by atoms with Gasteiger partial charge < -0.3 is 20.3 Å². The fourth-order valence-corrected chi connectivity index (χ4v) is 4.39. The Balaban J connectivity index is 1.82. The normalized spacial score (nSPS) is 24.4. The molecular formula is C20H22FN3O3. The van der Waals surface area contributed by atoms with Crippen LogP contribution >= 0.6 is 0 Å². The standard InChI is InChI=1S/C20H22FN3O3/c1-2-23-10-14(20(26)27)19(25)12-6-15(21)18(7-17(12)23)24-8-11-4-3-5-16(22)13(11)9-24/h3,5-7,10-11,13,16H,2,4,8-9,22H2,1H3,(H,26,27)/t11-,13+,16-/m1/s1. The number of hydrogen-bond donors (Lipinski definition) is 2. The molecule has 1 saturated heterocycles. The molecule has 0 saturated carbocycles. The van der Waals surface area contributed by atoms with Crippen molar-refractivity contribution in [1.29, 1.82) is 0 Å². The summed E-state index contributed by atoms with van der Waals surface area (Å²) in [5.41, 5.74) is 6.17. The molecule has 1 aliphatic heterocycles. The molecule has 0 radical (unpaired) electrons. The maximum atomic E-state index is 14.9. The lowest BCUT2D eigenvalue weighted by atomic mass is 9.83. The first-order valence-electron chi connectivity index (χ1n) is 9.18. The number of benzene rings is 1. The lowest BCUT2D eigenvalue weighted by Gasteiger charge is -2.25. The molecule has 2 aromatic rings. The van der Waals surface area contributed by atoms with Gasteiger partial charge >= 0.3 is 5.97 Å². The van der Waals surface area contributed by atoms with Crippen LogP contribution in [0.2, 0.25) is 0 Å². The van der Waals surface area contributed by atoms with Crippen LogP contribution < -0.4 is 16.1 Å². The third kappa shape index (κ3) is 2.82. The highest BCUT2D eigenvalue weighted by Crippen LogP contribution is 2.36. The Morgan fingerprint density at radius 1 is 1.37 bits per heavy atom. The highest BCUT2D eigenvalue weighted by molar-refractivity contribution is 5.93. The number of halogens is 1. The first-order chi connectivity index (χ1) is 12.9. The van der Waals surface area contributed by atoms with E-state index < -0.39 is 17.2 Å². The van der Waals surface area contributed by atoms with Crippen LogP contribution in [-0.2, 0) is 6.54 Å². The fraction of sp³-hybridized carbons (Fsp3) is 0.400. The van der Waals surface area contributed by atoms with Gasteiger partial charge in [0.2, 0.25) is 5.43 Å². The van der Waals surface area contributed by atoms with Crippen molar-refractivity contribution >= 4 is 22.6 Å². The van der Waals surface area contributed by atoms with Gasteiger partial charge in [-0.15, -0.1) is 0 Å². The summed E-state index contributed by atoms with van der Waals surface area (Å²) >= 11 is 0. The van der Waals surface area contributed by atoms with Gasteiger partial charge in [-0.3, -0.25) is 4.79 Å². The Kier molecular flexibility index (Phi) is 4.26. The number of allylic oxidation sites excluding steroid dienone is 1. The van der Waals surface area contributed by atoms with Crippen LogP contribution in [0.5, 0.6) is 0 Å². The molecule has 27 heavy (non-hydrogen) atoms. The molecule has 7 heteroatoms. The van der Waals surface area contributed by atoms with Crippen LogP contribution in [0.1, 0.15) is 23.7 Å². The van der Waals surface area contributed by atoms with E-state index in [0.29, 0.717) is 36.8 Å². The summed E-state index contributed by atoms with van der Waals surface area (Å²) in [4.78, 5) is 25.8. The predicted octanol–water partition coefficient (Wildman–Crippen LogP) is 2.20. The Hall–Kier alpha value is -2.67. The molecule has 2 aliphatic rings. The van der Waals surface area contributed by atoms with Crippen molar-refractivity contribution in [3.63, 3.8) is 0 Å². The minimum Gasteiger partial charge on any atom is -0.477 e. The predicted molar refractivity (Wildman–Crippen MR) is 102 cm³/mol. The van der Waals surface area contributed by atoms with Gasteiger partial charge in [0, 0.05) is 37.3 Å². The van der Waals surface area contributed by atoms with Gasteiger partial charge in [0.1, 0.15) is 11.4 Å². The third-order valence-electron chi connectivity index (χ3n) is 5.84. The number of aromatic nitrogens is 1. The monoisotopic (exact) mass is 371 g/mol. The van der Waals surface area contributed by atoms with E-state index >= 15 is 0 Å². The molecule has 1 fully saturated rings. The number of hydrogen-bond acceptors (Lipinski definition) is 4.